The van der Waals surface area contributed by atoms with Crippen molar-refractivity contribution < 1.29 is 9.53 Å². The number of benzene rings is 2. The molecule has 0 fully saturated rings. The number of anilines is 1. The second-order valence-electron chi connectivity index (χ2n) is 8.16. The normalized spacial score (nSPS) is 13.5. The second kappa shape index (κ2) is 9.77. The van der Waals surface area contributed by atoms with Crippen LogP contribution in [-0.4, -0.2) is 13.0 Å². The number of fused-ring (bicyclic) bond motifs is 1. The lowest BCUT2D eigenvalue weighted by Crippen LogP contribution is -2.15. The molecule has 2 aromatic carbocycles. The van der Waals surface area contributed by atoms with Crippen LogP contribution in [-0.2, 0) is 18.3 Å². The molecule has 3 nitrogen and oxygen atoms in total. The standard InChI is InChI=1S/C23H29NO2.C2H6/c1-23(2,3)18-10-12-19(13-11-18)24-22(25)20-14-16-8-6-5-7-9-17(16)15-21(20)26-4;1-2/h10-15H,5-9H2,1-4H3,(H,24,25);1-2H3. The van der Waals surface area contributed by atoms with Gasteiger partial charge in [-0.2, -0.15) is 0 Å². The van der Waals surface area contributed by atoms with E-state index < -0.39 is 0 Å². The van der Waals surface area contributed by atoms with E-state index in [1.54, 1.807) is 7.11 Å². The third-order valence-corrected chi connectivity index (χ3v) is 5.17. The minimum Gasteiger partial charge on any atom is -0.496 e. The van der Waals surface area contributed by atoms with Crippen molar-refractivity contribution in [3.8, 4) is 5.75 Å². The van der Waals surface area contributed by atoms with Crippen LogP contribution in [0.2, 0.25) is 0 Å². The summed E-state index contributed by atoms with van der Waals surface area (Å²) in [6.45, 7) is 10.5. The first-order valence-corrected chi connectivity index (χ1v) is 10.5. The molecule has 3 heteroatoms. The summed E-state index contributed by atoms with van der Waals surface area (Å²) in [6, 6.07) is 12.2. The Morgan fingerprint density at radius 3 is 2.04 bits per heavy atom. The topological polar surface area (TPSA) is 38.3 Å². The minimum absolute atomic E-state index is 0.1000. The molecular formula is C25H35NO2. The lowest BCUT2D eigenvalue weighted by molar-refractivity contribution is 0.102. The van der Waals surface area contributed by atoms with Crippen LogP contribution in [0.1, 0.15) is 80.9 Å². The number of aryl methyl sites for hydroxylation is 2. The molecule has 0 unspecified atom stereocenters. The van der Waals surface area contributed by atoms with E-state index >= 15 is 0 Å². The van der Waals surface area contributed by atoms with Gasteiger partial charge >= 0.3 is 0 Å². The van der Waals surface area contributed by atoms with Gasteiger partial charge in [-0.3, -0.25) is 4.79 Å². The third-order valence-electron chi connectivity index (χ3n) is 5.17. The van der Waals surface area contributed by atoms with Crippen LogP contribution in [0, 0.1) is 0 Å². The molecule has 2 aromatic rings. The zero-order chi connectivity index (χ0) is 20.7. The van der Waals surface area contributed by atoms with E-state index in [1.165, 1.54) is 36.0 Å². The van der Waals surface area contributed by atoms with E-state index in [9.17, 15) is 4.79 Å². The van der Waals surface area contributed by atoms with Crippen LogP contribution in [0.25, 0.3) is 0 Å². The predicted octanol–water partition coefficient (Wildman–Crippen LogP) is 6.54. The van der Waals surface area contributed by atoms with E-state index in [0.29, 0.717) is 11.3 Å². The molecule has 1 amide bonds. The number of carbonyl (C=O) groups excluding carboxylic acids is 1. The predicted molar refractivity (Wildman–Crippen MR) is 119 cm³/mol. The Morgan fingerprint density at radius 1 is 0.929 bits per heavy atom. The van der Waals surface area contributed by atoms with Crippen molar-refractivity contribution >= 4 is 11.6 Å². The van der Waals surface area contributed by atoms with Crippen molar-refractivity contribution in [3.05, 3.63) is 58.7 Å². The highest BCUT2D eigenvalue weighted by Gasteiger charge is 2.18. The summed E-state index contributed by atoms with van der Waals surface area (Å²) in [6.07, 6.45) is 5.76. The molecule has 0 atom stereocenters. The lowest BCUT2D eigenvalue weighted by atomic mass is 9.87. The van der Waals surface area contributed by atoms with Gasteiger partial charge in [-0.15, -0.1) is 0 Å². The van der Waals surface area contributed by atoms with Crippen molar-refractivity contribution in [1.29, 1.82) is 0 Å². The SMILES string of the molecule is CC.COc1cc2c(cc1C(=O)Nc1ccc(C(C)(C)C)cc1)CCCCC2. The average molecular weight is 382 g/mol. The molecule has 0 heterocycles. The van der Waals surface area contributed by atoms with E-state index in [-0.39, 0.29) is 11.3 Å². The van der Waals surface area contributed by atoms with Crippen molar-refractivity contribution in [2.24, 2.45) is 0 Å². The number of ether oxygens (including phenoxy) is 1. The van der Waals surface area contributed by atoms with Gasteiger partial charge in [0.2, 0.25) is 0 Å². The maximum atomic E-state index is 12.9. The highest BCUT2D eigenvalue weighted by molar-refractivity contribution is 6.06. The largest absolute Gasteiger partial charge is 0.496 e. The van der Waals surface area contributed by atoms with Crippen LogP contribution in [0.15, 0.2) is 36.4 Å². The summed E-state index contributed by atoms with van der Waals surface area (Å²) in [4.78, 5) is 12.9. The highest BCUT2D eigenvalue weighted by atomic mass is 16.5. The van der Waals surface area contributed by atoms with Crippen LogP contribution in [0.5, 0.6) is 5.75 Å². The van der Waals surface area contributed by atoms with Gasteiger partial charge < -0.3 is 10.1 Å². The number of carbonyl (C=O) groups is 1. The summed E-state index contributed by atoms with van der Waals surface area (Å²) in [5, 5.41) is 3.02. The summed E-state index contributed by atoms with van der Waals surface area (Å²) >= 11 is 0. The molecule has 3 rings (SSSR count). The number of methoxy groups -OCH3 is 1. The van der Waals surface area contributed by atoms with Gasteiger partial charge in [-0.1, -0.05) is 53.2 Å². The Labute approximate surface area is 170 Å². The quantitative estimate of drug-likeness (QED) is 0.613. The van der Waals surface area contributed by atoms with Crippen LogP contribution in [0.3, 0.4) is 0 Å². The molecule has 28 heavy (non-hydrogen) atoms. The molecule has 0 radical (unpaired) electrons. The molecule has 0 saturated heterocycles. The molecule has 0 bridgehead atoms. The molecule has 1 aliphatic carbocycles. The van der Waals surface area contributed by atoms with Gasteiger partial charge in [0.1, 0.15) is 5.75 Å². The molecule has 0 spiro atoms. The fourth-order valence-electron chi connectivity index (χ4n) is 3.54. The van der Waals surface area contributed by atoms with Gasteiger partial charge in [0, 0.05) is 5.69 Å². The van der Waals surface area contributed by atoms with Gasteiger partial charge in [-0.05, 0) is 72.1 Å². The maximum absolute atomic E-state index is 12.9. The Morgan fingerprint density at radius 2 is 1.50 bits per heavy atom. The molecule has 0 aromatic heterocycles. The highest BCUT2D eigenvalue weighted by Crippen LogP contribution is 2.30. The fourth-order valence-corrected chi connectivity index (χ4v) is 3.54. The van der Waals surface area contributed by atoms with Crippen molar-refractivity contribution in [2.45, 2.75) is 72.1 Å². The van der Waals surface area contributed by atoms with Crippen molar-refractivity contribution in [1.82, 2.24) is 0 Å². The van der Waals surface area contributed by atoms with E-state index in [1.807, 2.05) is 32.0 Å². The molecule has 1 aliphatic rings. The molecule has 152 valence electrons. The number of nitrogens with one attached hydrogen (secondary N) is 1. The Kier molecular flexibility index (Phi) is 7.68. The van der Waals surface area contributed by atoms with Gasteiger partial charge in [0.05, 0.1) is 12.7 Å². The first-order chi connectivity index (χ1) is 13.4. The second-order valence-corrected chi connectivity index (χ2v) is 8.16. The lowest BCUT2D eigenvalue weighted by Gasteiger charge is -2.19. The van der Waals surface area contributed by atoms with Crippen molar-refractivity contribution in [2.75, 3.05) is 12.4 Å². The van der Waals surface area contributed by atoms with E-state index in [0.717, 1.165) is 18.5 Å². The molecule has 0 saturated carbocycles. The number of amides is 1. The van der Waals surface area contributed by atoms with Crippen LogP contribution in [0.4, 0.5) is 5.69 Å². The first-order valence-electron chi connectivity index (χ1n) is 10.5. The zero-order valence-corrected chi connectivity index (χ0v) is 18.3. The molecular weight excluding hydrogens is 346 g/mol. The van der Waals surface area contributed by atoms with Crippen LogP contribution < -0.4 is 10.1 Å². The van der Waals surface area contributed by atoms with Gasteiger partial charge in [0.15, 0.2) is 0 Å². The number of rotatable bonds is 3. The zero-order valence-electron chi connectivity index (χ0n) is 18.3. The van der Waals surface area contributed by atoms with E-state index in [4.69, 9.17) is 4.74 Å². The number of hydrogen-bond donors (Lipinski definition) is 1. The van der Waals surface area contributed by atoms with Gasteiger partial charge in [0.25, 0.3) is 5.91 Å². The summed E-state index contributed by atoms with van der Waals surface area (Å²) in [5.74, 6) is 0.548. The van der Waals surface area contributed by atoms with E-state index in [2.05, 4.69) is 44.3 Å². The smallest absolute Gasteiger partial charge is 0.259 e. The third kappa shape index (κ3) is 5.37. The monoisotopic (exact) mass is 381 g/mol. The first kappa shape index (κ1) is 22.0. The van der Waals surface area contributed by atoms with Gasteiger partial charge in [-0.25, -0.2) is 0 Å². The summed E-state index contributed by atoms with van der Waals surface area (Å²) < 4.78 is 5.51. The maximum Gasteiger partial charge on any atom is 0.259 e. The molecule has 0 aliphatic heterocycles. The molecule has 1 N–H and O–H groups in total. The summed E-state index contributed by atoms with van der Waals surface area (Å²) in [7, 11) is 1.63. The van der Waals surface area contributed by atoms with Crippen molar-refractivity contribution in [3.63, 3.8) is 0 Å². The Bertz CT molecular complexity index is 785. The minimum atomic E-state index is -0.114. The number of hydrogen-bond acceptors (Lipinski definition) is 2. The van der Waals surface area contributed by atoms with Crippen LogP contribution >= 0.6 is 0 Å². The Balaban J connectivity index is 0.00000136. The summed E-state index contributed by atoms with van der Waals surface area (Å²) in [5.41, 5.74) is 5.39. The fraction of sp³-hybridized carbons (Fsp3) is 0.480. The Hall–Kier alpha value is -2.29. The average Bonchev–Trinajstić information content (AvgIpc) is 2.93.